The molecular weight excluding hydrogens is 610 g/mol. The zero-order chi connectivity index (χ0) is 34.3. The topological polar surface area (TPSA) is 153 Å². The van der Waals surface area contributed by atoms with Gasteiger partial charge in [-0.2, -0.15) is 8.42 Å². The maximum absolute atomic E-state index is 11.1. The van der Waals surface area contributed by atoms with Gasteiger partial charge in [0.15, 0.2) is 0 Å². The molecule has 1 unspecified atom stereocenters. The van der Waals surface area contributed by atoms with Gasteiger partial charge in [0.05, 0.1) is 45.7 Å². The first-order valence-electron chi connectivity index (χ1n) is 17.7. The number of rotatable bonds is 24. The lowest BCUT2D eigenvalue weighted by atomic mass is 9.99. The predicted octanol–water partition coefficient (Wildman–Crippen LogP) is 6.14. The van der Waals surface area contributed by atoms with Gasteiger partial charge in [0, 0.05) is 19.6 Å². The van der Waals surface area contributed by atoms with E-state index in [-0.39, 0.29) is 25.6 Å². The Morgan fingerprint density at radius 3 is 1.35 bits per heavy atom. The summed E-state index contributed by atoms with van der Waals surface area (Å²) in [5, 5.41) is 25.5. The van der Waals surface area contributed by atoms with Crippen LogP contribution in [0.4, 0.5) is 0 Å². The van der Waals surface area contributed by atoms with E-state index in [1.54, 1.807) is 17.0 Å². The van der Waals surface area contributed by atoms with Crippen molar-refractivity contribution in [2.75, 3.05) is 59.3 Å². The van der Waals surface area contributed by atoms with Crippen LogP contribution in [0, 0.1) is 0 Å². The lowest BCUT2D eigenvalue weighted by molar-refractivity contribution is 0.136. The van der Waals surface area contributed by atoms with Gasteiger partial charge in [-0.15, -0.1) is 0 Å². The van der Waals surface area contributed by atoms with Gasteiger partial charge in [-0.3, -0.25) is 9.45 Å². The van der Waals surface area contributed by atoms with Gasteiger partial charge in [-0.25, -0.2) is 0 Å². The number of hydrogen-bond acceptors (Lipinski definition) is 9. The molecule has 0 spiro atoms. The van der Waals surface area contributed by atoms with Crippen LogP contribution in [0.2, 0.25) is 0 Å². The van der Waals surface area contributed by atoms with Gasteiger partial charge >= 0.3 is 10.4 Å². The number of benzene rings is 1. The van der Waals surface area contributed by atoms with E-state index in [2.05, 4.69) is 31.6 Å². The molecular formula is C35H67NO9S. The van der Waals surface area contributed by atoms with Gasteiger partial charge in [0.25, 0.3) is 0 Å². The van der Waals surface area contributed by atoms with Crippen molar-refractivity contribution in [2.45, 2.75) is 130 Å². The summed E-state index contributed by atoms with van der Waals surface area (Å²) in [6.45, 7) is 11.3. The van der Waals surface area contributed by atoms with E-state index in [1.807, 2.05) is 0 Å². The van der Waals surface area contributed by atoms with Gasteiger partial charge in [0.2, 0.25) is 0 Å². The normalized spacial score (nSPS) is 14.7. The summed E-state index contributed by atoms with van der Waals surface area (Å²) in [7, 11) is -4.49. The van der Waals surface area contributed by atoms with Crippen molar-refractivity contribution in [2.24, 2.45) is 0 Å². The Labute approximate surface area is 280 Å². The molecule has 1 atom stereocenters. The van der Waals surface area contributed by atoms with Crippen LogP contribution in [0.15, 0.2) is 18.2 Å². The fraction of sp³-hybridized carbons (Fsp3) is 0.829. The van der Waals surface area contributed by atoms with Gasteiger partial charge in [-0.1, -0.05) is 97.0 Å². The van der Waals surface area contributed by atoms with E-state index in [0.717, 1.165) is 56.6 Å². The average molecular weight is 678 g/mol. The molecule has 0 saturated carbocycles. The molecule has 3 rings (SSSR count). The second-order valence-corrected chi connectivity index (χ2v) is 13.0. The fourth-order valence-electron chi connectivity index (χ4n) is 4.62. The molecule has 2 saturated heterocycles. The molecule has 0 aromatic heterocycles. The number of aryl methyl sites for hydroxylation is 2. The van der Waals surface area contributed by atoms with Crippen LogP contribution in [-0.4, -0.2) is 98.6 Å². The third-order valence-electron chi connectivity index (χ3n) is 7.32. The van der Waals surface area contributed by atoms with E-state index in [9.17, 15) is 8.42 Å². The van der Waals surface area contributed by atoms with E-state index >= 15 is 0 Å². The second kappa shape index (κ2) is 31.0. The number of aliphatic hydroxyl groups is 3. The molecule has 11 heteroatoms. The lowest BCUT2D eigenvalue weighted by Crippen LogP contribution is -2.32. The summed E-state index contributed by atoms with van der Waals surface area (Å²) < 4.78 is 45.3. The Hall–Kier alpha value is -1.31. The first-order chi connectivity index (χ1) is 22.2. The van der Waals surface area contributed by atoms with Gasteiger partial charge in [0.1, 0.15) is 5.75 Å². The van der Waals surface area contributed by atoms with Crippen LogP contribution in [0.25, 0.3) is 0 Å². The number of nitrogens with zero attached hydrogens (tertiary/aromatic N) is 1. The summed E-state index contributed by atoms with van der Waals surface area (Å²) in [4.78, 5) is 1.79. The number of epoxide rings is 2. The minimum absolute atomic E-state index is 0.0694. The molecule has 272 valence electrons. The highest BCUT2D eigenvalue weighted by Gasteiger charge is 2.13. The maximum Gasteiger partial charge on any atom is 0.446 e. The molecule has 46 heavy (non-hydrogen) atoms. The van der Waals surface area contributed by atoms with Crippen molar-refractivity contribution < 1.29 is 41.9 Å². The van der Waals surface area contributed by atoms with Gasteiger partial charge < -0.3 is 29.0 Å². The van der Waals surface area contributed by atoms with E-state index < -0.39 is 10.4 Å². The molecule has 0 radical (unpaired) electrons. The maximum atomic E-state index is 11.1. The Bertz CT molecular complexity index is 858. The first kappa shape index (κ1) is 44.7. The molecule has 1 aromatic rings. The molecule has 2 aliphatic rings. The van der Waals surface area contributed by atoms with Crippen molar-refractivity contribution in [3.05, 3.63) is 29.3 Å². The zero-order valence-corrected chi connectivity index (χ0v) is 30.0. The van der Waals surface area contributed by atoms with E-state index in [0.29, 0.717) is 25.7 Å². The van der Waals surface area contributed by atoms with E-state index in [1.165, 1.54) is 77.0 Å². The molecule has 0 amide bonds. The number of aliphatic hydroxyl groups excluding tert-OH is 3. The first-order valence-corrected chi connectivity index (χ1v) is 19.1. The smallest absolute Gasteiger partial charge is 0.395 e. The molecule has 0 aliphatic carbocycles. The summed E-state index contributed by atoms with van der Waals surface area (Å²) in [6.07, 6.45) is 19.9. The SMILES string of the molecule is C1CO1.CC1CO1.CCCCCCCCCc1cc(CCCCCCCCC)cc(OS(=O)(=O)O)c1.OCCN(CCO)CCO. The Morgan fingerprint density at radius 1 is 0.717 bits per heavy atom. The third kappa shape index (κ3) is 34.0. The minimum Gasteiger partial charge on any atom is -0.395 e. The third-order valence-corrected chi connectivity index (χ3v) is 7.72. The molecule has 2 heterocycles. The van der Waals surface area contributed by atoms with Crippen LogP contribution in [0.1, 0.15) is 122 Å². The molecule has 1 aromatic carbocycles. The zero-order valence-electron chi connectivity index (χ0n) is 29.2. The van der Waals surface area contributed by atoms with Crippen molar-refractivity contribution in [1.82, 2.24) is 4.90 Å². The summed E-state index contributed by atoms with van der Waals surface area (Å²) in [5.41, 5.74) is 2.19. The Morgan fingerprint density at radius 2 is 1.07 bits per heavy atom. The summed E-state index contributed by atoms with van der Waals surface area (Å²) in [6, 6.07) is 5.67. The summed E-state index contributed by atoms with van der Waals surface area (Å²) in [5.74, 6) is 0.228. The average Bonchev–Trinajstić information content (AvgIpc) is 3.93. The quantitative estimate of drug-likeness (QED) is 0.0570. The molecule has 2 fully saturated rings. The summed E-state index contributed by atoms with van der Waals surface area (Å²) >= 11 is 0. The van der Waals surface area contributed by atoms with Crippen molar-refractivity contribution in [3.63, 3.8) is 0 Å². The van der Waals surface area contributed by atoms with Gasteiger partial charge in [-0.05, 0) is 55.9 Å². The second-order valence-electron chi connectivity index (χ2n) is 12.0. The monoisotopic (exact) mass is 677 g/mol. The molecule has 10 nitrogen and oxygen atoms in total. The lowest BCUT2D eigenvalue weighted by Gasteiger charge is -2.17. The number of ether oxygens (including phenoxy) is 2. The standard InChI is InChI=1S/C24H42O4S.C6H15NO3.C3H6O.C2H4O/c1-3-5-7-9-11-13-15-17-22-19-23(18-16-14-12-10-8-6-4-2)21-24(20-22)28-29(25,26)27;8-4-1-7(2-5-9)3-6-10;1-3-2-4-3;1-2-3-1/h19-21H,3-18H2,1-2H3,(H,25,26,27);8-10H,1-6H2;3H,2H2,1H3;1-2H2. The van der Waals surface area contributed by atoms with Crippen LogP contribution in [-0.2, 0) is 32.7 Å². The number of unbranched alkanes of at least 4 members (excludes halogenated alkanes) is 12. The van der Waals surface area contributed by atoms with Crippen molar-refractivity contribution in [1.29, 1.82) is 0 Å². The molecule has 4 N–H and O–H groups in total. The molecule has 0 bridgehead atoms. The molecule has 2 aliphatic heterocycles. The van der Waals surface area contributed by atoms with Crippen molar-refractivity contribution in [3.8, 4) is 5.75 Å². The van der Waals surface area contributed by atoms with Crippen LogP contribution in [0.3, 0.4) is 0 Å². The highest BCUT2D eigenvalue weighted by atomic mass is 32.3. The fourth-order valence-corrected chi connectivity index (χ4v) is 4.95. The Kier molecular flexibility index (Phi) is 30.1. The van der Waals surface area contributed by atoms with Crippen molar-refractivity contribution >= 4 is 10.4 Å². The highest BCUT2D eigenvalue weighted by Crippen LogP contribution is 2.23. The number of hydrogen-bond donors (Lipinski definition) is 4. The van der Waals surface area contributed by atoms with Crippen LogP contribution >= 0.6 is 0 Å². The minimum atomic E-state index is -4.49. The van der Waals surface area contributed by atoms with Crippen LogP contribution in [0.5, 0.6) is 5.75 Å². The van der Waals surface area contributed by atoms with Crippen LogP contribution < -0.4 is 4.18 Å². The Balaban J connectivity index is 0.000000954. The predicted molar refractivity (Wildman–Crippen MR) is 186 cm³/mol. The van der Waals surface area contributed by atoms with E-state index in [4.69, 9.17) is 28.8 Å². The highest BCUT2D eigenvalue weighted by molar-refractivity contribution is 7.81. The largest absolute Gasteiger partial charge is 0.446 e.